The van der Waals surface area contributed by atoms with E-state index in [4.69, 9.17) is 0 Å². The molecule has 144 valence electrons. The molecule has 2 N–H and O–H groups in total. The van der Waals surface area contributed by atoms with Crippen molar-refractivity contribution in [3.8, 4) is 0 Å². The summed E-state index contributed by atoms with van der Waals surface area (Å²) in [6.07, 6.45) is 4.21. The first-order chi connectivity index (χ1) is 13.6. The van der Waals surface area contributed by atoms with Crippen molar-refractivity contribution >= 4 is 17.5 Å². The van der Waals surface area contributed by atoms with Gasteiger partial charge in [-0.05, 0) is 43.2 Å². The van der Waals surface area contributed by atoms with Gasteiger partial charge in [0.15, 0.2) is 0 Å². The Labute approximate surface area is 163 Å². The summed E-state index contributed by atoms with van der Waals surface area (Å²) in [6, 6.07) is 16.4. The molecule has 7 nitrogen and oxygen atoms in total. The van der Waals surface area contributed by atoms with E-state index < -0.39 is 0 Å². The third-order valence-electron chi connectivity index (χ3n) is 4.32. The first kappa shape index (κ1) is 19.3. The highest BCUT2D eigenvalue weighted by Crippen LogP contribution is 2.18. The van der Waals surface area contributed by atoms with E-state index in [-0.39, 0.29) is 17.9 Å². The van der Waals surface area contributed by atoms with Gasteiger partial charge in [-0.2, -0.15) is 5.10 Å². The summed E-state index contributed by atoms with van der Waals surface area (Å²) in [5.74, 6) is -0.186. The number of benzene rings is 2. The second-order valence-corrected chi connectivity index (χ2v) is 6.50. The van der Waals surface area contributed by atoms with E-state index in [9.17, 15) is 9.59 Å². The highest BCUT2D eigenvalue weighted by Gasteiger charge is 2.11. The smallest absolute Gasteiger partial charge is 0.255 e. The highest BCUT2D eigenvalue weighted by atomic mass is 16.2. The van der Waals surface area contributed by atoms with Crippen molar-refractivity contribution in [2.75, 3.05) is 5.32 Å². The average Bonchev–Trinajstić information content (AvgIpc) is 3.22. The zero-order valence-corrected chi connectivity index (χ0v) is 15.7. The fraction of sp³-hybridized carbons (Fsp3) is 0.238. The molecule has 0 aliphatic carbocycles. The Bertz CT molecular complexity index is 910. The highest BCUT2D eigenvalue weighted by molar-refractivity contribution is 6.04. The van der Waals surface area contributed by atoms with Gasteiger partial charge in [0, 0.05) is 24.2 Å². The minimum Gasteiger partial charge on any atom is -0.350 e. The van der Waals surface area contributed by atoms with Crippen LogP contribution in [0.25, 0.3) is 0 Å². The van der Waals surface area contributed by atoms with Crippen LogP contribution in [0.2, 0.25) is 0 Å². The largest absolute Gasteiger partial charge is 0.350 e. The molecule has 0 radical (unpaired) electrons. The second kappa shape index (κ2) is 9.45. The Morgan fingerprint density at radius 3 is 2.68 bits per heavy atom. The number of aromatic nitrogens is 3. The molecule has 0 spiro atoms. The van der Waals surface area contributed by atoms with E-state index in [1.54, 1.807) is 23.1 Å². The van der Waals surface area contributed by atoms with Crippen LogP contribution in [0.4, 0.5) is 5.69 Å². The Kier molecular flexibility index (Phi) is 6.51. The van der Waals surface area contributed by atoms with Gasteiger partial charge < -0.3 is 10.6 Å². The number of rotatable bonds is 8. The number of carbonyl (C=O) groups excluding carboxylic acids is 2. The fourth-order valence-electron chi connectivity index (χ4n) is 2.83. The van der Waals surface area contributed by atoms with Gasteiger partial charge >= 0.3 is 0 Å². The monoisotopic (exact) mass is 377 g/mol. The van der Waals surface area contributed by atoms with E-state index in [1.165, 1.54) is 6.33 Å². The molecule has 0 aliphatic heterocycles. The summed E-state index contributed by atoms with van der Waals surface area (Å²) >= 11 is 0. The van der Waals surface area contributed by atoms with Crippen LogP contribution < -0.4 is 10.6 Å². The molecular weight excluding hydrogens is 354 g/mol. The molecule has 28 heavy (non-hydrogen) atoms. The lowest BCUT2D eigenvalue weighted by Gasteiger charge is -2.16. The summed E-state index contributed by atoms with van der Waals surface area (Å²) in [5.41, 5.74) is 2.22. The lowest BCUT2D eigenvalue weighted by molar-refractivity contribution is -0.121. The number of hydrogen-bond donors (Lipinski definition) is 2. The van der Waals surface area contributed by atoms with E-state index >= 15 is 0 Å². The maximum absolute atomic E-state index is 12.3. The third kappa shape index (κ3) is 5.51. The van der Waals surface area contributed by atoms with E-state index in [0.29, 0.717) is 30.6 Å². The van der Waals surface area contributed by atoms with Crippen LogP contribution in [0.3, 0.4) is 0 Å². The van der Waals surface area contributed by atoms with Crippen molar-refractivity contribution in [2.45, 2.75) is 32.4 Å². The van der Waals surface area contributed by atoms with Crippen LogP contribution >= 0.6 is 0 Å². The Hall–Kier alpha value is -3.48. The Balaban J connectivity index is 1.52. The number of nitrogens with one attached hydrogen (secondary N) is 2. The van der Waals surface area contributed by atoms with Crippen molar-refractivity contribution < 1.29 is 9.59 Å². The van der Waals surface area contributed by atoms with E-state index in [2.05, 4.69) is 20.7 Å². The van der Waals surface area contributed by atoms with Gasteiger partial charge in [-0.15, -0.1) is 0 Å². The molecule has 2 amide bonds. The first-order valence-electron chi connectivity index (χ1n) is 9.20. The molecule has 3 rings (SSSR count). The van der Waals surface area contributed by atoms with Crippen molar-refractivity contribution in [2.24, 2.45) is 0 Å². The van der Waals surface area contributed by atoms with Crippen molar-refractivity contribution in [1.29, 1.82) is 0 Å². The molecule has 3 aromatic rings. The number of hydrogen-bond acceptors (Lipinski definition) is 4. The maximum Gasteiger partial charge on any atom is 0.255 e. The minimum atomic E-state index is -0.164. The molecule has 0 fully saturated rings. The van der Waals surface area contributed by atoms with Gasteiger partial charge in [-0.1, -0.05) is 30.3 Å². The fourth-order valence-corrected chi connectivity index (χ4v) is 2.83. The maximum atomic E-state index is 12.3. The van der Waals surface area contributed by atoms with Crippen LogP contribution in [0.5, 0.6) is 0 Å². The predicted octanol–water partition coefficient (Wildman–Crippen LogP) is 3.19. The minimum absolute atomic E-state index is 0.0219. The van der Waals surface area contributed by atoms with E-state index in [1.807, 2.05) is 49.4 Å². The molecule has 1 aromatic heterocycles. The molecule has 0 saturated heterocycles. The number of anilines is 1. The van der Waals surface area contributed by atoms with Gasteiger partial charge in [0.2, 0.25) is 5.91 Å². The standard InChI is InChI=1S/C21H23N5O2/c1-16(24-20(27)11-6-12-26-15-22-14-23-26)18-9-5-10-19(13-18)25-21(28)17-7-3-2-4-8-17/h2-5,7-10,13-16H,6,11-12H2,1H3,(H,24,27)(H,25,28). The topological polar surface area (TPSA) is 88.9 Å². The molecular formula is C21H23N5O2. The Morgan fingerprint density at radius 1 is 1.11 bits per heavy atom. The van der Waals surface area contributed by atoms with Crippen molar-refractivity contribution in [3.63, 3.8) is 0 Å². The lowest BCUT2D eigenvalue weighted by atomic mass is 10.1. The molecule has 1 unspecified atom stereocenters. The number of amides is 2. The van der Waals surface area contributed by atoms with Crippen LogP contribution in [-0.2, 0) is 11.3 Å². The average molecular weight is 377 g/mol. The Morgan fingerprint density at radius 2 is 1.93 bits per heavy atom. The summed E-state index contributed by atoms with van der Waals surface area (Å²) in [7, 11) is 0. The summed E-state index contributed by atoms with van der Waals surface area (Å²) in [4.78, 5) is 28.4. The zero-order valence-electron chi connectivity index (χ0n) is 15.7. The van der Waals surface area contributed by atoms with E-state index in [0.717, 1.165) is 5.56 Å². The lowest BCUT2D eigenvalue weighted by Crippen LogP contribution is -2.26. The summed E-state index contributed by atoms with van der Waals surface area (Å²) < 4.78 is 1.70. The predicted molar refractivity (Wildman–Crippen MR) is 107 cm³/mol. The first-order valence-corrected chi connectivity index (χ1v) is 9.20. The third-order valence-corrected chi connectivity index (χ3v) is 4.32. The van der Waals surface area contributed by atoms with Gasteiger partial charge in [-0.25, -0.2) is 4.98 Å². The molecule has 2 aromatic carbocycles. The zero-order chi connectivity index (χ0) is 19.8. The number of carbonyl (C=O) groups is 2. The van der Waals surface area contributed by atoms with Crippen molar-refractivity contribution in [1.82, 2.24) is 20.1 Å². The van der Waals surface area contributed by atoms with Gasteiger partial charge in [0.05, 0.1) is 6.04 Å². The van der Waals surface area contributed by atoms with Crippen LogP contribution in [-0.4, -0.2) is 26.6 Å². The molecule has 0 saturated carbocycles. The second-order valence-electron chi connectivity index (χ2n) is 6.50. The van der Waals surface area contributed by atoms with Gasteiger partial charge in [0.1, 0.15) is 12.7 Å². The van der Waals surface area contributed by atoms with Crippen LogP contribution in [0, 0.1) is 0 Å². The molecule has 0 aliphatic rings. The number of nitrogens with zero attached hydrogens (tertiary/aromatic N) is 3. The quantitative estimate of drug-likeness (QED) is 0.631. The van der Waals surface area contributed by atoms with Gasteiger partial charge in [-0.3, -0.25) is 14.3 Å². The SMILES string of the molecule is CC(NC(=O)CCCn1cncn1)c1cccc(NC(=O)c2ccccc2)c1. The van der Waals surface area contributed by atoms with Gasteiger partial charge in [0.25, 0.3) is 5.91 Å². The summed E-state index contributed by atoms with van der Waals surface area (Å²) in [5, 5.41) is 9.90. The normalized spacial score (nSPS) is 11.6. The molecule has 1 atom stereocenters. The van der Waals surface area contributed by atoms with Crippen LogP contribution in [0.1, 0.15) is 41.7 Å². The molecule has 1 heterocycles. The molecule has 7 heteroatoms. The summed E-state index contributed by atoms with van der Waals surface area (Å²) in [6.45, 7) is 2.58. The number of aryl methyl sites for hydroxylation is 1. The van der Waals surface area contributed by atoms with Crippen molar-refractivity contribution in [3.05, 3.63) is 78.4 Å². The van der Waals surface area contributed by atoms with Crippen LogP contribution in [0.15, 0.2) is 67.3 Å². The molecule has 0 bridgehead atoms.